The van der Waals surface area contributed by atoms with Gasteiger partial charge < -0.3 is 10.8 Å². The largest absolute Gasteiger partial charge is 0.394 e. The molecule has 0 saturated heterocycles. The standard InChI is InChI=1S/C11H15Cl2NOS/c1-11(14,7-15)4-5-16-10-6-8(12)2-3-9(10)13/h2-3,6,15H,4-5,7,14H2,1H3. The number of rotatable bonds is 5. The van der Waals surface area contributed by atoms with Gasteiger partial charge >= 0.3 is 0 Å². The fourth-order valence-corrected chi connectivity index (χ4v) is 2.78. The van der Waals surface area contributed by atoms with Crippen LogP contribution in [0.4, 0.5) is 0 Å². The molecular weight excluding hydrogens is 265 g/mol. The molecule has 0 saturated carbocycles. The molecule has 0 fully saturated rings. The molecule has 1 aromatic carbocycles. The Morgan fingerprint density at radius 1 is 1.44 bits per heavy atom. The first-order valence-corrected chi connectivity index (χ1v) is 6.66. The number of benzene rings is 1. The lowest BCUT2D eigenvalue weighted by Crippen LogP contribution is -2.40. The highest BCUT2D eigenvalue weighted by atomic mass is 35.5. The van der Waals surface area contributed by atoms with Gasteiger partial charge in [-0.3, -0.25) is 0 Å². The van der Waals surface area contributed by atoms with E-state index in [-0.39, 0.29) is 6.61 Å². The molecule has 2 nitrogen and oxygen atoms in total. The number of hydrogen-bond donors (Lipinski definition) is 2. The van der Waals surface area contributed by atoms with Crippen LogP contribution in [-0.4, -0.2) is 23.0 Å². The van der Waals surface area contributed by atoms with Crippen molar-refractivity contribution in [3.63, 3.8) is 0 Å². The molecule has 1 atom stereocenters. The summed E-state index contributed by atoms with van der Waals surface area (Å²) in [7, 11) is 0. The SMILES string of the molecule is CC(N)(CO)CCSc1cc(Cl)ccc1Cl. The molecule has 0 radical (unpaired) electrons. The van der Waals surface area contributed by atoms with Crippen molar-refractivity contribution in [3.05, 3.63) is 28.2 Å². The molecule has 0 aliphatic rings. The first kappa shape index (κ1) is 14.1. The molecule has 0 heterocycles. The summed E-state index contributed by atoms with van der Waals surface area (Å²) in [6, 6.07) is 5.37. The smallest absolute Gasteiger partial charge is 0.0608 e. The van der Waals surface area contributed by atoms with Crippen molar-refractivity contribution in [1.82, 2.24) is 0 Å². The molecule has 1 aromatic rings. The summed E-state index contributed by atoms with van der Waals surface area (Å²) in [4.78, 5) is 0.947. The molecule has 0 aliphatic carbocycles. The first-order valence-electron chi connectivity index (χ1n) is 4.92. The van der Waals surface area contributed by atoms with E-state index in [1.54, 1.807) is 23.9 Å². The Labute approximate surface area is 110 Å². The topological polar surface area (TPSA) is 46.2 Å². The summed E-state index contributed by atoms with van der Waals surface area (Å²) < 4.78 is 0. The summed E-state index contributed by atoms with van der Waals surface area (Å²) in [5, 5.41) is 10.4. The van der Waals surface area contributed by atoms with Gasteiger partial charge in [-0.2, -0.15) is 0 Å². The minimum Gasteiger partial charge on any atom is -0.394 e. The minimum atomic E-state index is -0.530. The molecule has 3 N–H and O–H groups in total. The Morgan fingerprint density at radius 3 is 2.75 bits per heavy atom. The maximum atomic E-state index is 9.01. The lowest BCUT2D eigenvalue weighted by Gasteiger charge is -2.21. The van der Waals surface area contributed by atoms with Crippen molar-refractivity contribution >= 4 is 35.0 Å². The van der Waals surface area contributed by atoms with Gasteiger partial charge in [0.25, 0.3) is 0 Å². The van der Waals surface area contributed by atoms with Gasteiger partial charge in [-0.15, -0.1) is 11.8 Å². The van der Waals surface area contributed by atoms with Gasteiger partial charge in [-0.1, -0.05) is 23.2 Å². The van der Waals surface area contributed by atoms with Crippen LogP contribution in [-0.2, 0) is 0 Å². The first-order chi connectivity index (χ1) is 7.44. The van der Waals surface area contributed by atoms with Crippen LogP contribution in [0.1, 0.15) is 13.3 Å². The molecule has 1 rings (SSSR count). The average Bonchev–Trinajstić information content (AvgIpc) is 2.23. The van der Waals surface area contributed by atoms with Crippen molar-refractivity contribution in [2.45, 2.75) is 23.8 Å². The Balaban J connectivity index is 2.52. The Hall–Kier alpha value is 0.0700. The molecular formula is C11H15Cl2NOS. The van der Waals surface area contributed by atoms with Crippen LogP contribution < -0.4 is 5.73 Å². The average molecular weight is 280 g/mol. The second-order valence-corrected chi connectivity index (χ2v) is 5.97. The third-order valence-corrected chi connectivity index (χ3v) is 3.92. The molecule has 90 valence electrons. The summed E-state index contributed by atoms with van der Waals surface area (Å²) >= 11 is 13.5. The fraction of sp³-hybridized carbons (Fsp3) is 0.455. The van der Waals surface area contributed by atoms with Gasteiger partial charge in [0, 0.05) is 15.5 Å². The highest BCUT2D eigenvalue weighted by Gasteiger charge is 2.16. The van der Waals surface area contributed by atoms with Crippen molar-refractivity contribution in [2.75, 3.05) is 12.4 Å². The molecule has 0 bridgehead atoms. The van der Waals surface area contributed by atoms with E-state index in [2.05, 4.69) is 0 Å². The number of aliphatic hydroxyl groups is 1. The molecule has 16 heavy (non-hydrogen) atoms. The van der Waals surface area contributed by atoms with Gasteiger partial charge in [-0.05, 0) is 37.3 Å². The van der Waals surface area contributed by atoms with E-state index in [1.165, 1.54) is 0 Å². The van der Waals surface area contributed by atoms with Crippen LogP contribution in [0.15, 0.2) is 23.1 Å². The van der Waals surface area contributed by atoms with Crippen LogP contribution in [0.3, 0.4) is 0 Å². The van der Waals surface area contributed by atoms with Crippen molar-refractivity contribution in [2.24, 2.45) is 5.73 Å². The van der Waals surface area contributed by atoms with E-state index in [0.29, 0.717) is 10.0 Å². The molecule has 0 aliphatic heterocycles. The number of thioether (sulfide) groups is 1. The number of nitrogens with two attached hydrogens (primary N) is 1. The number of hydrogen-bond acceptors (Lipinski definition) is 3. The molecule has 0 amide bonds. The highest BCUT2D eigenvalue weighted by molar-refractivity contribution is 7.99. The van der Waals surface area contributed by atoms with Gasteiger partial charge in [0.15, 0.2) is 0 Å². The van der Waals surface area contributed by atoms with Crippen LogP contribution >= 0.6 is 35.0 Å². The quantitative estimate of drug-likeness (QED) is 0.814. The fourth-order valence-electron chi connectivity index (χ4n) is 1.06. The zero-order valence-electron chi connectivity index (χ0n) is 9.04. The van der Waals surface area contributed by atoms with Crippen molar-refractivity contribution in [1.29, 1.82) is 0 Å². The maximum absolute atomic E-state index is 9.01. The zero-order valence-corrected chi connectivity index (χ0v) is 11.4. The highest BCUT2D eigenvalue weighted by Crippen LogP contribution is 2.30. The Kier molecular flexibility index (Phi) is 5.41. The van der Waals surface area contributed by atoms with Crippen LogP contribution in [0.25, 0.3) is 0 Å². The monoisotopic (exact) mass is 279 g/mol. The van der Waals surface area contributed by atoms with Gasteiger partial charge in [0.05, 0.1) is 11.6 Å². The predicted molar refractivity (Wildman–Crippen MR) is 71.5 cm³/mol. The molecule has 1 unspecified atom stereocenters. The Morgan fingerprint density at radius 2 is 2.12 bits per heavy atom. The summed E-state index contributed by atoms with van der Waals surface area (Å²) in [5.74, 6) is 0.799. The minimum absolute atomic E-state index is 0.0170. The van der Waals surface area contributed by atoms with Crippen molar-refractivity contribution < 1.29 is 5.11 Å². The Bertz CT molecular complexity index is 358. The summed E-state index contributed by atoms with van der Waals surface area (Å²) in [5.41, 5.74) is 5.30. The van der Waals surface area contributed by atoms with E-state index < -0.39 is 5.54 Å². The molecule has 5 heteroatoms. The lowest BCUT2D eigenvalue weighted by molar-refractivity contribution is 0.206. The van der Waals surface area contributed by atoms with E-state index in [9.17, 15) is 0 Å². The molecule has 0 aromatic heterocycles. The van der Waals surface area contributed by atoms with E-state index in [4.69, 9.17) is 34.0 Å². The second kappa shape index (κ2) is 6.12. The lowest BCUT2D eigenvalue weighted by atomic mass is 10.0. The maximum Gasteiger partial charge on any atom is 0.0608 e. The van der Waals surface area contributed by atoms with Crippen LogP contribution in [0.2, 0.25) is 10.0 Å². The second-order valence-electron chi connectivity index (χ2n) is 3.99. The van der Waals surface area contributed by atoms with Gasteiger partial charge in [-0.25, -0.2) is 0 Å². The van der Waals surface area contributed by atoms with E-state index >= 15 is 0 Å². The summed E-state index contributed by atoms with van der Waals surface area (Å²) in [6.45, 7) is 1.81. The number of aliphatic hydroxyl groups excluding tert-OH is 1. The van der Waals surface area contributed by atoms with E-state index in [1.807, 2.05) is 13.0 Å². The van der Waals surface area contributed by atoms with Crippen molar-refractivity contribution in [3.8, 4) is 0 Å². The third-order valence-electron chi connectivity index (χ3n) is 2.19. The summed E-state index contributed by atoms with van der Waals surface area (Å²) in [6.07, 6.45) is 0.719. The van der Waals surface area contributed by atoms with Crippen LogP contribution in [0, 0.1) is 0 Å². The zero-order chi connectivity index (χ0) is 12.2. The third kappa shape index (κ3) is 4.52. The van der Waals surface area contributed by atoms with Gasteiger partial charge in [0.2, 0.25) is 0 Å². The van der Waals surface area contributed by atoms with Gasteiger partial charge in [0.1, 0.15) is 0 Å². The van der Waals surface area contributed by atoms with Crippen LogP contribution in [0.5, 0.6) is 0 Å². The molecule has 0 spiro atoms. The number of halogens is 2. The van der Waals surface area contributed by atoms with E-state index in [0.717, 1.165) is 17.1 Å². The normalized spacial score (nSPS) is 14.8. The predicted octanol–water partition coefficient (Wildman–Crippen LogP) is 3.19.